The second-order valence-corrected chi connectivity index (χ2v) is 11.0. The van der Waals surface area contributed by atoms with Gasteiger partial charge in [0.2, 0.25) is 0 Å². The Hall–Kier alpha value is -2.86. The van der Waals surface area contributed by atoms with E-state index in [4.69, 9.17) is 0 Å². The van der Waals surface area contributed by atoms with Gasteiger partial charge in [0.1, 0.15) is 5.69 Å². The fourth-order valence-corrected chi connectivity index (χ4v) is 4.14. The molecule has 0 saturated heterocycles. The van der Waals surface area contributed by atoms with E-state index < -0.39 is 33.4 Å². The van der Waals surface area contributed by atoms with E-state index in [-0.39, 0.29) is 10.0 Å². The van der Waals surface area contributed by atoms with Crippen LogP contribution in [0, 0.1) is 0 Å². The predicted molar refractivity (Wildman–Crippen MR) is 127 cm³/mol. The molecule has 1 aromatic carbocycles. The number of amides is 1. The van der Waals surface area contributed by atoms with Crippen LogP contribution < -0.4 is 5.32 Å². The van der Waals surface area contributed by atoms with E-state index in [2.05, 4.69) is 40.6 Å². The van der Waals surface area contributed by atoms with Gasteiger partial charge in [-0.05, 0) is 37.3 Å². The van der Waals surface area contributed by atoms with Crippen LogP contribution in [0.5, 0.6) is 0 Å². The van der Waals surface area contributed by atoms with E-state index in [1.165, 1.54) is 24.7 Å². The minimum absolute atomic E-state index is 0.133. The van der Waals surface area contributed by atoms with Crippen LogP contribution in [0.15, 0.2) is 57.8 Å². The third kappa shape index (κ3) is 6.38. The van der Waals surface area contributed by atoms with E-state index in [0.29, 0.717) is 28.5 Å². The van der Waals surface area contributed by atoms with Crippen LogP contribution in [0.4, 0.5) is 18.9 Å². The van der Waals surface area contributed by atoms with Gasteiger partial charge in [-0.15, -0.1) is 0 Å². The normalized spacial score (nSPS) is 14.2. The number of nitrogens with one attached hydrogen (secondary N) is 1. The zero-order valence-electron chi connectivity index (χ0n) is 18.4. The highest BCUT2D eigenvalue weighted by atomic mass is 79.9. The summed E-state index contributed by atoms with van der Waals surface area (Å²) in [6.45, 7) is 3.43. The van der Waals surface area contributed by atoms with Gasteiger partial charge in [0.05, 0.1) is 34.9 Å². The van der Waals surface area contributed by atoms with Crippen LogP contribution in [0.2, 0.25) is 0 Å². The van der Waals surface area contributed by atoms with Crippen LogP contribution in [0.25, 0.3) is 11.4 Å². The summed E-state index contributed by atoms with van der Waals surface area (Å²) in [5.74, 6) is -0.293. The zero-order chi connectivity index (χ0) is 25.1. The molecule has 0 fully saturated rings. The molecule has 12 heteroatoms. The van der Waals surface area contributed by atoms with Crippen LogP contribution in [0.3, 0.4) is 0 Å². The van der Waals surface area contributed by atoms with Crippen molar-refractivity contribution in [1.82, 2.24) is 20.3 Å². The van der Waals surface area contributed by atoms with Crippen molar-refractivity contribution in [3.05, 3.63) is 70.2 Å². The Balaban J connectivity index is 1.88. The fourth-order valence-electron chi connectivity index (χ4n) is 2.96. The number of hydrogen-bond acceptors (Lipinski definition) is 6. The lowest BCUT2D eigenvalue weighted by Crippen LogP contribution is -2.28. The standard InChI is InChI=1S/C22H21BrF3N5O2S/c1-4-34(3,33)31-17-5-6-18(29-12-17)20-19(27-7-8-28-20)13(2)30-21(32)14-9-15(22(24,25)26)11-16(23)10-14/h5-13H,4H2,1-3H3,(H,30,32)/t13-,34?/m0/s1. The number of pyridine rings is 1. The topological polar surface area (TPSA) is 97.2 Å². The van der Waals surface area contributed by atoms with Gasteiger partial charge in [0.25, 0.3) is 5.91 Å². The van der Waals surface area contributed by atoms with Crippen LogP contribution in [0.1, 0.15) is 41.5 Å². The van der Waals surface area contributed by atoms with Crippen molar-refractivity contribution in [2.75, 3.05) is 12.0 Å². The molecule has 7 nitrogen and oxygen atoms in total. The second kappa shape index (κ2) is 10.2. The van der Waals surface area contributed by atoms with E-state index in [1.807, 2.05) is 0 Å². The van der Waals surface area contributed by atoms with Crippen molar-refractivity contribution in [3.8, 4) is 11.4 Å². The Bertz CT molecular complexity index is 1320. The molecular weight excluding hydrogens is 535 g/mol. The van der Waals surface area contributed by atoms with Crippen molar-refractivity contribution in [2.24, 2.45) is 4.36 Å². The molecule has 3 aromatic rings. The van der Waals surface area contributed by atoms with Crippen molar-refractivity contribution in [1.29, 1.82) is 0 Å². The Labute approximate surface area is 203 Å². The number of hydrogen-bond donors (Lipinski definition) is 1. The average Bonchev–Trinajstić information content (AvgIpc) is 2.78. The average molecular weight is 556 g/mol. The summed E-state index contributed by atoms with van der Waals surface area (Å²) in [6, 6.07) is 5.61. The van der Waals surface area contributed by atoms with Crippen LogP contribution in [-0.4, -0.2) is 37.1 Å². The maximum absolute atomic E-state index is 13.1. The molecule has 2 aromatic heterocycles. The number of carbonyl (C=O) groups excluding carboxylic acids is 1. The molecule has 2 heterocycles. The summed E-state index contributed by atoms with van der Waals surface area (Å²) in [5, 5.41) is 2.66. The lowest BCUT2D eigenvalue weighted by Gasteiger charge is -2.17. The van der Waals surface area contributed by atoms with Crippen molar-refractivity contribution in [2.45, 2.75) is 26.1 Å². The van der Waals surface area contributed by atoms with E-state index in [9.17, 15) is 22.2 Å². The molecule has 0 aliphatic heterocycles. The van der Waals surface area contributed by atoms with Gasteiger partial charge in [-0.1, -0.05) is 22.9 Å². The zero-order valence-corrected chi connectivity index (χ0v) is 20.8. The molecule has 3 rings (SSSR count). The summed E-state index contributed by atoms with van der Waals surface area (Å²) in [5.41, 5.74) is 0.589. The molecule has 1 N–H and O–H groups in total. The third-order valence-corrected chi connectivity index (χ3v) is 6.92. The molecule has 180 valence electrons. The number of carbonyl (C=O) groups is 1. The summed E-state index contributed by atoms with van der Waals surface area (Å²) in [4.78, 5) is 25.6. The first-order valence-electron chi connectivity index (χ1n) is 10.1. The molecule has 1 unspecified atom stereocenters. The monoisotopic (exact) mass is 555 g/mol. The number of nitrogens with zero attached hydrogens (tertiary/aromatic N) is 4. The lowest BCUT2D eigenvalue weighted by atomic mass is 10.1. The number of aromatic nitrogens is 3. The number of halogens is 4. The van der Waals surface area contributed by atoms with Gasteiger partial charge in [-0.3, -0.25) is 19.7 Å². The molecular formula is C22H21BrF3N5O2S. The predicted octanol–water partition coefficient (Wildman–Crippen LogP) is 5.56. The highest BCUT2D eigenvalue weighted by Crippen LogP contribution is 2.32. The largest absolute Gasteiger partial charge is 0.416 e. The molecule has 0 aliphatic carbocycles. The fraction of sp³-hybridized carbons (Fsp3) is 0.273. The van der Waals surface area contributed by atoms with E-state index in [0.717, 1.165) is 12.1 Å². The van der Waals surface area contributed by atoms with E-state index >= 15 is 0 Å². The second-order valence-electron chi connectivity index (χ2n) is 7.45. The van der Waals surface area contributed by atoms with E-state index in [1.54, 1.807) is 32.2 Å². The quantitative estimate of drug-likeness (QED) is 0.429. The van der Waals surface area contributed by atoms with Gasteiger partial charge in [-0.25, -0.2) is 4.21 Å². The van der Waals surface area contributed by atoms with Gasteiger partial charge in [0.15, 0.2) is 0 Å². The van der Waals surface area contributed by atoms with Gasteiger partial charge < -0.3 is 5.32 Å². The van der Waals surface area contributed by atoms with Gasteiger partial charge in [0, 0.05) is 44.2 Å². The highest BCUT2D eigenvalue weighted by molar-refractivity contribution is 9.10. The molecule has 34 heavy (non-hydrogen) atoms. The smallest absolute Gasteiger partial charge is 0.344 e. The SMILES string of the molecule is CCS(C)(=O)=Nc1ccc(-c2nccnc2[C@H](C)NC(=O)c2cc(Br)cc(C(F)(F)F)c2)nc1. The molecule has 0 saturated carbocycles. The summed E-state index contributed by atoms with van der Waals surface area (Å²) >= 11 is 3.02. The van der Waals surface area contributed by atoms with Crippen molar-refractivity contribution >= 4 is 37.3 Å². The number of benzene rings is 1. The molecule has 0 bridgehead atoms. The number of rotatable bonds is 6. The van der Waals surface area contributed by atoms with Gasteiger partial charge in [-0.2, -0.15) is 17.5 Å². The molecule has 1 amide bonds. The Morgan fingerprint density at radius 2 is 1.88 bits per heavy atom. The summed E-state index contributed by atoms with van der Waals surface area (Å²) in [7, 11) is -2.34. The third-order valence-electron chi connectivity index (χ3n) is 4.80. The molecule has 2 atom stereocenters. The van der Waals surface area contributed by atoms with Gasteiger partial charge >= 0.3 is 6.18 Å². The van der Waals surface area contributed by atoms with Crippen LogP contribution in [-0.2, 0) is 15.9 Å². The maximum atomic E-state index is 13.1. The Morgan fingerprint density at radius 1 is 1.18 bits per heavy atom. The van der Waals surface area contributed by atoms with Crippen molar-refractivity contribution < 1.29 is 22.2 Å². The minimum atomic E-state index is -4.59. The summed E-state index contributed by atoms with van der Waals surface area (Å²) in [6.07, 6.45) is 1.35. The molecule has 0 spiro atoms. The minimum Gasteiger partial charge on any atom is -0.344 e. The van der Waals surface area contributed by atoms with Crippen molar-refractivity contribution in [3.63, 3.8) is 0 Å². The van der Waals surface area contributed by atoms with Crippen LogP contribution >= 0.6 is 15.9 Å². The number of alkyl halides is 3. The Kier molecular flexibility index (Phi) is 7.71. The Morgan fingerprint density at radius 3 is 2.50 bits per heavy atom. The first-order valence-corrected chi connectivity index (χ1v) is 12.9. The lowest BCUT2D eigenvalue weighted by molar-refractivity contribution is -0.137. The first-order chi connectivity index (χ1) is 15.9. The summed E-state index contributed by atoms with van der Waals surface area (Å²) < 4.78 is 55.9. The maximum Gasteiger partial charge on any atom is 0.416 e. The molecule has 0 radical (unpaired) electrons. The molecule has 0 aliphatic rings. The highest BCUT2D eigenvalue weighted by Gasteiger charge is 2.32. The first kappa shape index (κ1) is 25.8.